The van der Waals surface area contributed by atoms with Crippen molar-refractivity contribution >= 4 is 11.3 Å². The van der Waals surface area contributed by atoms with Gasteiger partial charge in [-0.2, -0.15) is 0 Å². The highest BCUT2D eigenvalue weighted by atomic mass is 32.1. The van der Waals surface area contributed by atoms with Crippen molar-refractivity contribution in [3.05, 3.63) is 16.1 Å². The fraction of sp³-hybridized carbons (Fsp3) is 0.800. The molecule has 1 rings (SSSR count). The van der Waals surface area contributed by atoms with Gasteiger partial charge in [-0.1, -0.05) is 20.8 Å². The molecule has 4 nitrogen and oxygen atoms in total. The number of nitrogens with one attached hydrogen (secondary N) is 1. The SMILES string of the molecule is COCCNC(C)(c1nc(C(C)(C)C)cs1)C(C)OC. The van der Waals surface area contributed by atoms with Gasteiger partial charge in [-0.25, -0.2) is 4.98 Å². The van der Waals surface area contributed by atoms with Crippen LogP contribution in [0.4, 0.5) is 0 Å². The molecular formula is C15H28N2O2S. The minimum atomic E-state index is -0.304. The number of hydrogen-bond donors (Lipinski definition) is 1. The summed E-state index contributed by atoms with van der Waals surface area (Å²) in [5.41, 5.74) is 0.889. The summed E-state index contributed by atoms with van der Waals surface area (Å²) in [7, 11) is 3.44. The van der Waals surface area contributed by atoms with Crippen LogP contribution in [0.15, 0.2) is 5.38 Å². The van der Waals surface area contributed by atoms with Gasteiger partial charge in [0.25, 0.3) is 0 Å². The van der Waals surface area contributed by atoms with E-state index in [9.17, 15) is 0 Å². The van der Waals surface area contributed by atoms with Crippen molar-refractivity contribution in [2.45, 2.75) is 51.7 Å². The van der Waals surface area contributed by atoms with E-state index in [2.05, 4.69) is 45.3 Å². The van der Waals surface area contributed by atoms with E-state index in [-0.39, 0.29) is 17.1 Å². The normalized spacial score (nSPS) is 16.9. The van der Waals surface area contributed by atoms with Gasteiger partial charge in [0.1, 0.15) is 5.01 Å². The van der Waals surface area contributed by atoms with Crippen molar-refractivity contribution in [1.82, 2.24) is 10.3 Å². The lowest BCUT2D eigenvalue weighted by molar-refractivity contribution is 0.0324. The zero-order valence-electron chi connectivity index (χ0n) is 13.7. The molecule has 0 aliphatic carbocycles. The van der Waals surface area contributed by atoms with Crippen molar-refractivity contribution < 1.29 is 9.47 Å². The van der Waals surface area contributed by atoms with E-state index in [1.54, 1.807) is 25.6 Å². The summed E-state index contributed by atoms with van der Waals surface area (Å²) < 4.78 is 10.7. The molecule has 5 heteroatoms. The molecule has 1 heterocycles. The van der Waals surface area contributed by atoms with E-state index in [1.807, 2.05) is 0 Å². The Labute approximate surface area is 126 Å². The Kier molecular flexibility index (Phi) is 6.13. The molecule has 0 saturated carbocycles. The molecule has 0 bridgehead atoms. The van der Waals surface area contributed by atoms with Crippen LogP contribution in [0.3, 0.4) is 0 Å². The van der Waals surface area contributed by atoms with Gasteiger partial charge in [0.05, 0.1) is 23.9 Å². The van der Waals surface area contributed by atoms with Crippen LogP contribution >= 0.6 is 11.3 Å². The van der Waals surface area contributed by atoms with Gasteiger partial charge in [0, 0.05) is 31.6 Å². The number of thiazole rings is 1. The van der Waals surface area contributed by atoms with Gasteiger partial charge >= 0.3 is 0 Å². The summed E-state index contributed by atoms with van der Waals surface area (Å²) in [5.74, 6) is 0. The third kappa shape index (κ3) is 4.01. The van der Waals surface area contributed by atoms with Gasteiger partial charge in [0.15, 0.2) is 0 Å². The maximum absolute atomic E-state index is 5.56. The molecule has 0 aliphatic rings. The second kappa shape index (κ2) is 6.98. The van der Waals surface area contributed by atoms with Crippen molar-refractivity contribution in [2.75, 3.05) is 27.4 Å². The predicted molar refractivity (Wildman–Crippen MR) is 84.5 cm³/mol. The Hall–Kier alpha value is -0.490. The second-order valence-electron chi connectivity index (χ2n) is 6.29. The number of methoxy groups -OCH3 is 2. The van der Waals surface area contributed by atoms with Crippen LogP contribution in [0.1, 0.15) is 45.3 Å². The Morgan fingerprint density at radius 2 is 1.95 bits per heavy atom. The topological polar surface area (TPSA) is 43.4 Å². The van der Waals surface area contributed by atoms with Gasteiger partial charge in [-0.3, -0.25) is 0 Å². The summed E-state index contributed by atoms with van der Waals surface area (Å²) in [6, 6.07) is 0. The summed E-state index contributed by atoms with van der Waals surface area (Å²) in [4.78, 5) is 4.84. The molecule has 2 unspecified atom stereocenters. The molecule has 0 spiro atoms. The highest BCUT2D eigenvalue weighted by molar-refractivity contribution is 7.09. The molecule has 20 heavy (non-hydrogen) atoms. The first kappa shape index (κ1) is 17.6. The van der Waals surface area contributed by atoms with Crippen molar-refractivity contribution in [2.24, 2.45) is 0 Å². The second-order valence-corrected chi connectivity index (χ2v) is 7.15. The minimum absolute atomic E-state index is 0.0262. The van der Waals surface area contributed by atoms with E-state index in [0.717, 1.165) is 17.2 Å². The van der Waals surface area contributed by atoms with Gasteiger partial charge in [0.2, 0.25) is 0 Å². The first-order valence-corrected chi connectivity index (χ1v) is 7.87. The van der Waals surface area contributed by atoms with Crippen molar-refractivity contribution in [3.63, 3.8) is 0 Å². The summed E-state index contributed by atoms with van der Waals surface area (Å²) in [5, 5.41) is 6.74. The Bertz CT molecular complexity index is 414. The van der Waals surface area contributed by atoms with Crippen LogP contribution in [0.25, 0.3) is 0 Å². The lowest BCUT2D eigenvalue weighted by Gasteiger charge is -2.34. The highest BCUT2D eigenvalue weighted by Crippen LogP contribution is 2.32. The van der Waals surface area contributed by atoms with Crippen LogP contribution in [0, 0.1) is 0 Å². The van der Waals surface area contributed by atoms with Crippen molar-refractivity contribution in [3.8, 4) is 0 Å². The molecule has 116 valence electrons. The minimum Gasteiger partial charge on any atom is -0.383 e. The molecular weight excluding hydrogens is 272 g/mol. The molecule has 0 aliphatic heterocycles. The molecule has 1 aromatic rings. The van der Waals surface area contributed by atoms with Crippen molar-refractivity contribution in [1.29, 1.82) is 0 Å². The fourth-order valence-corrected chi connectivity index (χ4v) is 3.16. The number of nitrogens with zero attached hydrogens (tertiary/aromatic N) is 1. The first-order chi connectivity index (χ1) is 9.25. The summed E-state index contributed by atoms with van der Waals surface area (Å²) in [6.07, 6.45) is 0.0262. The van der Waals surface area contributed by atoms with Gasteiger partial charge < -0.3 is 14.8 Å². The van der Waals surface area contributed by atoms with Crippen LogP contribution < -0.4 is 5.32 Å². The maximum Gasteiger partial charge on any atom is 0.115 e. The lowest BCUT2D eigenvalue weighted by Crippen LogP contribution is -2.50. The van der Waals surface area contributed by atoms with E-state index in [1.165, 1.54) is 0 Å². The number of rotatable bonds is 7. The summed E-state index contributed by atoms with van der Waals surface area (Å²) >= 11 is 1.69. The number of aromatic nitrogens is 1. The average molecular weight is 300 g/mol. The largest absolute Gasteiger partial charge is 0.383 e. The van der Waals surface area contributed by atoms with E-state index in [0.29, 0.717) is 6.61 Å². The Morgan fingerprint density at radius 3 is 2.40 bits per heavy atom. The molecule has 1 N–H and O–H groups in total. The molecule has 0 aromatic carbocycles. The third-order valence-electron chi connectivity index (χ3n) is 3.68. The standard InChI is InChI=1S/C15H28N2O2S/c1-11(19-7)15(5,16-8-9-18-6)13-17-12(10-20-13)14(2,3)4/h10-11,16H,8-9H2,1-7H3. The molecule has 0 amide bonds. The zero-order valence-corrected chi connectivity index (χ0v) is 14.6. The van der Waals surface area contributed by atoms with Crippen LogP contribution in [-0.4, -0.2) is 38.5 Å². The Morgan fingerprint density at radius 1 is 1.30 bits per heavy atom. The van der Waals surface area contributed by atoms with Crippen LogP contribution in [0.2, 0.25) is 0 Å². The quantitative estimate of drug-likeness (QED) is 0.786. The van der Waals surface area contributed by atoms with E-state index < -0.39 is 0 Å². The van der Waals surface area contributed by atoms with Crippen LogP contribution in [-0.2, 0) is 20.4 Å². The third-order valence-corrected chi connectivity index (χ3v) is 4.76. The molecule has 0 fully saturated rings. The fourth-order valence-electron chi connectivity index (χ4n) is 1.90. The predicted octanol–water partition coefficient (Wildman–Crippen LogP) is 2.93. The molecule has 0 radical (unpaired) electrons. The molecule has 1 aromatic heterocycles. The Balaban J connectivity index is 3.01. The number of hydrogen-bond acceptors (Lipinski definition) is 5. The zero-order chi connectivity index (χ0) is 15.4. The molecule has 2 atom stereocenters. The first-order valence-electron chi connectivity index (χ1n) is 6.99. The van der Waals surface area contributed by atoms with Gasteiger partial charge in [-0.05, 0) is 13.8 Å². The van der Waals surface area contributed by atoms with E-state index >= 15 is 0 Å². The van der Waals surface area contributed by atoms with Crippen LogP contribution in [0.5, 0.6) is 0 Å². The monoisotopic (exact) mass is 300 g/mol. The lowest BCUT2D eigenvalue weighted by atomic mass is 9.92. The maximum atomic E-state index is 5.56. The van der Waals surface area contributed by atoms with E-state index in [4.69, 9.17) is 14.5 Å². The highest BCUT2D eigenvalue weighted by Gasteiger charge is 2.36. The number of ether oxygens (including phenoxy) is 2. The average Bonchev–Trinajstić information content (AvgIpc) is 2.87. The smallest absolute Gasteiger partial charge is 0.115 e. The molecule has 0 saturated heterocycles. The van der Waals surface area contributed by atoms with Gasteiger partial charge in [-0.15, -0.1) is 11.3 Å². The summed E-state index contributed by atoms with van der Waals surface area (Å²) in [6.45, 7) is 12.2.